The zero-order valence-electron chi connectivity index (χ0n) is 50.0. The van der Waals surface area contributed by atoms with Crippen molar-refractivity contribution in [2.45, 2.75) is 170 Å². The van der Waals surface area contributed by atoms with E-state index in [0.717, 1.165) is 43.4 Å². The fourth-order valence-corrected chi connectivity index (χ4v) is 10.8. The number of benzene rings is 2. The van der Waals surface area contributed by atoms with E-state index in [2.05, 4.69) is 31.2 Å². The Kier molecular flexibility index (Phi) is 25.3. The van der Waals surface area contributed by atoms with E-state index in [0.29, 0.717) is 45.9 Å². The van der Waals surface area contributed by atoms with Crippen molar-refractivity contribution in [3.8, 4) is 20.9 Å². The number of Topliss-reactive ketones (excluding diaryl/α,β-unsaturated/α-hetero) is 1. The van der Waals surface area contributed by atoms with E-state index >= 15 is 0 Å². The number of hydrogen-bond acceptors (Lipinski definition) is 17. The molecule has 2 saturated heterocycles. The van der Waals surface area contributed by atoms with Crippen LogP contribution in [0.4, 0.5) is 4.79 Å². The van der Waals surface area contributed by atoms with Crippen LogP contribution in [0.5, 0.6) is 0 Å². The van der Waals surface area contributed by atoms with Crippen LogP contribution in [0.2, 0.25) is 0 Å². The van der Waals surface area contributed by atoms with Crippen LogP contribution in [0, 0.1) is 24.7 Å². The van der Waals surface area contributed by atoms with Crippen molar-refractivity contribution >= 4 is 64.1 Å². The van der Waals surface area contributed by atoms with Gasteiger partial charge in [0.05, 0.1) is 70.2 Å². The lowest BCUT2D eigenvalue weighted by atomic mass is 9.85. The van der Waals surface area contributed by atoms with Crippen molar-refractivity contribution in [2.75, 3.05) is 46.1 Å². The summed E-state index contributed by atoms with van der Waals surface area (Å²) in [6.45, 7) is 22.7. The first-order valence-corrected chi connectivity index (χ1v) is 30.0. The summed E-state index contributed by atoms with van der Waals surface area (Å²) in [5.74, 6) is -1.96. The van der Waals surface area contributed by atoms with Gasteiger partial charge in [0.15, 0.2) is 0 Å². The quantitative estimate of drug-likeness (QED) is 0.0397. The first-order chi connectivity index (χ1) is 39.0. The van der Waals surface area contributed by atoms with E-state index < -0.39 is 70.7 Å². The molecule has 4 heterocycles. The SMILES string of the molecule is Cc1ncsc1-c1ccc(CNC(=O)[C@@H]2C[C@@H](O)CN2C(=O)[C@@H](N)C(C)(C)C)cc1.Cc1ncsc1-c1ccc(CNC(=O)[C@@H]2C[C@@H](O)CN2C(=O)[C@@H](NC(=O)CCC(=O)CCCOCCOCCNC(=O)OC(C)(C)C)C(C)(C)C)cc1. The molecule has 8 N–H and O–H groups in total. The molecule has 4 aromatic rings. The number of carbonyl (C=O) groups excluding carboxylic acids is 7. The zero-order valence-corrected chi connectivity index (χ0v) is 51.6. The number of hydrogen-bond donors (Lipinski definition) is 7. The molecular formula is C60H87N9O12S2. The lowest BCUT2D eigenvalue weighted by Gasteiger charge is -2.35. The average Bonchev–Trinajstić information content (AvgIpc) is 4.24. The predicted octanol–water partition coefficient (Wildman–Crippen LogP) is 5.98. The van der Waals surface area contributed by atoms with Crippen LogP contribution in [0.3, 0.4) is 0 Å². The summed E-state index contributed by atoms with van der Waals surface area (Å²) in [6.07, 6.45) is -1.13. The Morgan fingerprint density at radius 1 is 0.639 bits per heavy atom. The lowest BCUT2D eigenvalue weighted by molar-refractivity contribution is -0.144. The summed E-state index contributed by atoms with van der Waals surface area (Å²) in [7, 11) is 0. The van der Waals surface area contributed by atoms with Gasteiger partial charge >= 0.3 is 6.09 Å². The number of likely N-dealkylation sites (tertiary alicyclic amines) is 2. The highest BCUT2D eigenvalue weighted by Crippen LogP contribution is 2.31. The molecular weight excluding hydrogens is 1100 g/mol. The van der Waals surface area contributed by atoms with Gasteiger partial charge in [-0.3, -0.25) is 28.8 Å². The number of amides is 6. The average molecular weight is 1190 g/mol. The molecule has 21 nitrogen and oxygen atoms in total. The van der Waals surface area contributed by atoms with Gasteiger partial charge in [-0.25, -0.2) is 14.8 Å². The van der Waals surface area contributed by atoms with E-state index in [-0.39, 0.29) is 75.2 Å². The lowest BCUT2D eigenvalue weighted by Crippen LogP contribution is -2.57. The maximum atomic E-state index is 13.9. The maximum absolute atomic E-state index is 13.9. The number of aliphatic hydroxyl groups is 2. The van der Waals surface area contributed by atoms with E-state index in [1.54, 1.807) is 49.0 Å². The molecule has 0 unspecified atom stereocenters. The number of alkyl carbamates (subject to hydrolysis) is 1. The highest BCUT2D eigenvalue weighted by atomic mass is 32.1. The predicted molar refractivity (Wildman–Crippen MR) is 319 cm³/mol. The van der Waals surface area contributed by atoms with Crippen molar-refractivity contribution in [1.82, 2.24) is 41.0 Å². The molecule has 0 aliphatic carbocycles. The second kappa shape index (κ2) is 31.1. The molecule has 6 amide bonds. The Balaban J connectivity index is 0.000000353. The molecule has 456 valence electrons. The molecule has 0 spiro atoms. The first-order valence-electron chi connectivity index (χ1n) is 28.2. The monoisotopic (exact) mass is 1190 g/mol. The van der Waals surface area contributed by atoms with Gasteiger partial charge in [-0.15, -0.1) is 22.7 Å². The molecule has 2 aliphatic heterocycles. The maximum Gasteiger partial charge on any atom is 0.407 e. The van der Waals surface area contributed by atoms with Crippen LogP contribution in [0.1, 0.15) is 123 Å². The number of aliphatic hydroxyl groups excluding tert-OH is 2. The number of nitrogens with two attached hydrogens (primary N) is 1. The van der Waals surface area contributed by atoms with Crippen LogP contribution in [-0.2, 0) is 56.1 Å². The van der Waals surface area contributed by atoms with Gasteiger partial charge in [-0.05, 0) is 74.1 Å². The summed E-state index contributed by atoms with van der Waals surface area (Å²) >= 11 is 3.16. The van der Waals surface area contributed by atoms with Gasteiger partial charge in [0.2, 0.25) is 29.5 Å². The topological polar surface area (TPSA) is 294 Å². The minimum absolute atomic E-state index is 0.0168. The molecule has 0 saturated carbocycles. The summed E-state index contributed by atoms with van der Waals surface area (Å²) in [5.41, 5.74) is 14.0. The number of ketones is 1. The Hall–Kier alpha value is -6.21. The third kappa shape index (κ3) is 21.4. The zero-order chi connectivity index (χ0) is 61.2. The van der Waals surface area contributed by atoms with Crippen LogP contribution in [0.25, 0.3) is 20.9 Å². The van der Waals surface area contributed by atoms with Gasteiger partial charge in [0, 0.05) is 71.4 Å². The van der Waals surface area contributed by atoms with E-state index in [1.165, 1.54) is 9.80 Å². The fraction of sp³-hybridized carbons (Fsp3) is 0.583. The number of nitrogens with one attached hydrogen (secondary N) is 4. The molecule has 2 aromatic heterocycles. The van der Waals surface area contributed by atoms with Crippen molar-refractivity contribution in [3.05, 3.63) is 82.1 Å². The van der Waals surface area contributed by atoms with Crippen LogP contribution < -0.4 is 27.0 Å². The Morgan fingerprint density at radius 3 is 1.54 bits per heavy atom. The van der Waals surface area contributed by atoms with Gasteiger partial charge in [0.1, 0.15) is 29.5 Å². The fourth-order valence-electron chi connectivity index (χ4n) is 9.14. The smallest absolute Gasteiger partial charge is 0.407 e. The van der Waals surface area contributed by atoms with E-state index in [9.17, 15) is 43.8 Å². The summed E-state index contributed by atoms with van der Waals surface area (Å²) in [6, 6.07) is 12.5. The highest BCUT2D eigenvalue weighted by molar-refractivity contribution is 7.13. The van der Waals surface area contributed by atoms with Gasteiger partial charge in [-0.1, -0.05) is 90.1 Å². The number of aryl methyl sites for hydroxylation is 2. The Bertz CT molecular complexity index is 2790. The number of nitrogens with zero attached hydrogens (tertiary/aromatic N) is 4. The molecule has 2 aliphatic rings. The highest BCUT2D eigenvalue weighted by Gasteiger charge is 2.45. The van der Waals surface area contributed by atoms with Crippen LogP contribution >= 0.6 is 22.7 Å². The molecule has 0 radical (unpaired) electrons. The second-order valence-corrected chi connectivity index (χ2v) is 25.9. The molecule has 2 aromatic carbocycles. The molecule has 0 bridgehead atoms. The largest absolute Gasteiger partial charge is 0.444 e. The second-order valence-electron chi connectivity index (χ2n) is 24.2. The number of carbonyl (C=O) groups is 7. The van der Waals surface area contributed by atoms with Crippen molar-refractivity contribution in [2.24, 2.45) is 16.6 Å². The number of rotatable bonds is 24. The standard InChI is InChI=1S/C38H57N5O9S.C22H30N4O3S/c1-25-32(53-24-41-25)27-12-10-26(11-13-27)22-40-34(47)30-21-29(45)23-43(30)35(48)33(37(2,3)4)42-31(46)15-14-28(44)9-8-17-50-19-20-51-18-16-39-36(49)52-38(5,6)7;1-13-18(30-12-25-13)15-7-5-14(6-8-15)10-24-20(28)17-9-16(27)11-26(17)21(29)19(23)22(2,3)4/h10-13,24,29-30,33,45H,8-9,14-23H2,1-7H3,(H,39,49)(H,40,47)(H,42,46);5-8,12,16-17,19,27H,9-11,23H2,1-4H3,(H,24,28)/t29-,30+,33-;16-,17+,19-/m11/s1. The number of ether oxygens (including phenoxy) is 3. The summed E-state index contributed by atoms with van der Waals surface area (Å²) in [5, 5.41) is 31.7. The van der Waals surface area contributed by atoms with Crippen molar-refractivity contribution in [1.29, 1.82) is 0 Å². The van der Waals surface area contributed by atoms with Crippen LogP contribution in [0.15, 0.2) is 59.6 Å². The van der Waals surface area contributed by atoms with Gasteiger partial charge in [-0.2, -0.15) is 0 Å². The first kappa shape index (κ1) is 67.6. The number of aromatic nitrogens is 2. The molecule has 2 fully saturated rings. The molecule has 23 heteroatoms. The van der Waals surface area contributed by atoms with Crippen LogP contribution in [-0.4, -0.2) is 159 Å². The third-order valence-electron chi connectivity index (χ3n) is 13.9. The minimum Gasteiger partial charge on any atom is -0.444 e. The van der Waals surface area contributed by atoms with Gasteiger partial charge in [0.25, 0.3) is 0 Å². The number of β-amino-alcohol motifs (C(OH)–C–C–N with tert-alkyl or cyclic N) is 2. The normalized spacial score (nSPS) is 17.9. The van der Waals surface area contributed by atoms with Crippen molar-refractivity contribution in [3.63, 3.8) is 0 Å². The summed E-state index contributed by atoms with van der Waals surface area (Å²) < 4.78 is 16.1. The Labute approximate surface area is 496 Å². The van der Waals surface area contributed by atoms with Gasteiger partial charge < -0.3 is 61.2 Å². The van der Waals surface area contributed by atoms with Crippen molar-refractivity contribution < 1.29 is 58.0 Å². The minimum atomic E-state index is -0.975. The molecule has 83 heavy (non-hydrogen) atoms. The molecule has 6 atom stereocenters. The number of thiazole rings is 2. The molecule has 6 rings (SSSR count). The third-order valence-corrected chi connectivity index (χ3v) is 15.8. The van der Waals surface area contributed by atoms with E-state index in [1.807, 2.05) is 109 Å². The van der Waals surface area contributed by atoms with E-state index in [4.69, 9.17) is 19.9 Å². The summed E-state index contributed by atoms with van der Waals surface area (Å²) in [4.78, 5) is 103. The Morgan fingerprint density at radius 2 is 1.11 bits per heavy atom.